The highest BCUT2D eigenvalue weighted by molar-refractivity contribution is 5.77. The summed E-state index contributed by atoms with van der Waals surface area (Å²) >= 11 is 0. The smallest absolute Gasteiger partial charge is 0.189 e. The Bertz CT molecular complexity index is 735. The van der Waals surface area contributed by atoms with E-state index in [1.807, 2.05) is 25.1 Å². The van der Waals surface area contributed by atoms with E-state index in [0.717, 1.165) is 5.56 Å². The van der Waals surface area contributed by atoms with Crippen molar-refractivity contribution in [3.05, 3.63) is 53.8 Å². The third kappa shape index (κ3) is 5.84. The molecule has 0 amide bonds. The van der Waals surface area contributed by atoms with Gasteiger partial charge in [0.05, 0.1) is 27.3 Å². The zero-order valence-corrected chi connectivity index (χ0v) is 15.2. The average molecular weight is 361 g/mol. The van der Waals surface area contributed by atoms with Gasteiger partial charge in [0, 0.05) is 0 Å². The van der Waals surface area contributed by atoms with E-state index in [1.165, 1.54) is 12.1 Å². The monoisotopic (exact) mass is 361 g/mol. The Kier molecular flexibility index (Phi) is 7.08. The molecule has 0 heterocycles. The van der Waals surface area contributed by atoms with Crippen LogP contribution in [0.4, 0.5) is 4.39 Å². The normalized spacial score (nSPS) is 12.4. The van der Waals surface area contributed by atoms with Crippen LogP contribution in [0.1, 0.15) is 12.5 Å². The molecule has 1 unspecified atom stereocenters. The lowest BCUT2D eigenvalue weighted by Gasteiger charge is -2.15. The number of ether oxygens (including phenoxy) is 3. The summed E-state index contributed by atoms with van der Waals surface area (Å²) in [7, 11) is 3.18. The lowest BCUT2D eigenvalue weighted by atomic mass is 10.2. The number of hydrogen-bond donors (Lipinski definition) is 2. The fraction of sp³-hybridized carbons (Fsp3) is 0.316. The molecule has 3 N–H and O–H groups in total. The maximum absolute atomic E-state index is 12.9. The molecule has 140 valence electrons. The maximum atomic E-state index is 12.9. The lowest BCUT2D eigenvalue weighted by molar-refractivity contribution is 0.224. The molecule has 0 aliphatic carbocycles. The minimum Gasteiger partial charge on any atom is -0.493 e. The van der Waals surface area contributed by atoms with Crippen molar-refractivity contribution in [3.63, 3.8) is 0 Å². The third-order valence-electron chi connectivity index (χ3n) is 3.60. The van der Waals surface area contributed by atoms with Gasteiger partial charge in [0.1, 0.15) is 17.7 Å². The van der Waals surface area contributed by atoms with Gasteiger partial charge >= 0.3 is 0 Å². The Morgan fingerprint density at radius 3 is 2.46 bits per heavy atom. The molecule has 0 aromatic heterocycles. The molecule has 0 radical (unpaired) electrons. The first-order chi connectivity index (χ1) is 12.5. The Morgan fingerprint density at radius 1 is 1.12 bits per heavy atom. The van der Waals surface area contributed by atoms with E-state index < -0.39 is 0 Å². The van der Waals surface area contributed by atoms with Gasteiger partial charge in [0.25, 0.3) is 0 Å². The Labute approximate surface area is 152 Å². The zero-order chi connectivity index (χ0) is 18.9. The lowest BCUT2D eigenvalue weighted by Crippen LogP contribution is -2.38. The number of nitrogens with two attached hydrogens (primary N) is 1. The number of hydrogen-bond acceptors (Lipinski definition) is 4. The van der Waals surface area contributed by atoms with E-state index in [9.17, 15) is 4.39 Å². The van der Waals surface area contributed by atoms with E-state index in [4.69, 9.17) is 19.9 Å². The minimum atomic E-state index is -0.297. The summed E-state index contributed by atoms with van der Waals surface area (Å²) in [4.78, 5) is 4.30. The highest BCUT2D eigenvalue weighted by Gasteiger charge is 2.06. The average Bonchev–Trinajstić information content (AvgIpc) is 2.66. The van der Waals surface area contributed by atoms with Crippen molar-refractivity contribution in [3.8, 4) is 17.2 Å². The standard InChI is InChI=1S/C19H24FN3O3/c1-13(26-16-7-5-15(20)6-8-16)11-22-19(21)23-12-14-4-9-17(24-2)18(10-14)25-3/h4-10,13H,11-12H2,1-3H3,(H3,21,22,23). The van der Waals surface area contributed by atoms with E-state index in [0.29, 0.717) is 36.3 Å². The molecule has 0 saturated carbocycles. The summed E-state index contributed by atoms with van der Waals surface area (Å²) in [6.07, 6.45) is -0.157. The van der Waals surface area contributed by atoms with Crippen LogP contribution in [0, 0.1) is 5.82 Å². The number of nitrogens with one attached hydrogen (secondary N) is 1. The van der Waals surface area contributed by atoms with Gasteiger partial charge in [-0.2, -0.15) is 0 Å². The van der Waals surface area contributed by atoms with Gasteiger partial charge in [-0.05, 0) is 48.9 Å². The zero-order valence-electron chi connectivity index (χ0n) is 15.2. The van der Waals surface area contributed by atoms with Gasteiger partial charge < -0.3 is 25.3 Å². The fourth-order valence-corrected chi connectivity index (χ4v) is 2.25. The van der Waals surface area contributed by atoms with Gasteiger partial charge in [-0.1, -0.05) is 6.07 Å². The van der Waals surface area contributed by atoms with E-state index >= 15 is 0 Å². The predicted octanol–water partition coefficient (Wildman–Crippen LogP) is 2.71. The third-order valence-corrected chi connectivity index (χ3v) is 3.60. The Morgan fingerprint density at radius 2 is 1.81 bits per heavy atom. The van der Waals surface area contributed by atoms with Crippen LogP contribution in [0.2, 0.25) is 0 Å². The van der Waals surface area contributed by atoms with E-state index in [-0.39, 0.29) is 11.9 Å². The van der Waals surface area contributed by atoms with Gasteiger partial charge in [0.2, 0.25) is 0 Å². The topological polar surface area (TPSA) is 78.1 Å². The highest BCUT2D eigenvalue weighted by atomic mass is 19.1. The number of halogens is 1. The number of methoxy groups -OCH3 is 2. The highest BCUT2D eigenvalue weighted by Crippen LogP contribution is 2.27. The maximum Gasteiger partial charge on any atom is 0.189 e. The molecule has 0 fully saturated rings. The van der Waals surface area contributed by atoms with E-state index in [2.05, 4.69) is 10.3 Å². The molecule has 26 heavy (non-hydrogen) atoms. The molecule has 0 aliphatic heterocycles. The van der Waals surface area contributed by atoms with Crippen LogP contribution >= 0.6 is 0 Å². The van der Waals surface area contributed by atoms with Crippen LogP contribution in [-0.2, 0) is 6.54 Å². The van der Waals surface area contributed by atoms with Gasteiger partial charge in [-0.3, -0.25) is 0 Å². The molecular formula is C19H24FN3O3. The Balaban J connectivity index is 1.83. The molecule has 0 aliphatic rings. The fourth-order valence-electron chi connectivity index (χ4n) is 2.25. The largest absolute Gasteiger partial charge is 0.493 e. The van der Waals surface area contributed by atoms with Crippen LogP contribution in [0.25, 0.3) is 0 Å². The van der Waals surface area contributed by atoms with E-state index in [1.54, 1.807) is 26.4 Å². The molecule has 7 heteroatoms. The molecule has 1 atom stereocenters. The van der Waals surface area contributed by atoms with Crippen molar-refractivity contribution in [2.75, 3.05) is 20.8 Å². The van der Waals surface area contributed by atoms with Crippen molar-refractivity contribution in [2.24, 2.45) is 10.7 Å². The van der Waals surface area contributed by atoms with Crippen LogP contribution in [-0.4, -0.2) is 32.8 Å². The predicted molar refractivity (Wildman–Crippen MR) is 99.4 cm³/mol. The SMILES string of the molecule is COc1ccc(CN=C(N)NCC(C)Oc2ccc(F)cc2)cc1OC. The first kappa shape index (κ1) is 19.4. The van der Waals surface area contributed by atoms with Crippen molar-refractivity contribution in [2.45, 2.75) is 19.6 Å². The molecule has 2 rings (SSSR count). The second kappa shape index (κ2) is 9.50. The number of aliphatic imine (C=N–C) groups is 1. The summed E-state index contributed by atoms with van der Waals surface area (Å²) in [5, 5.41) is 3.01. The molecule has 2 aromatic carbocycles. The Hall–Kier alpha value is -2.96. The molecule has 0 saturated heterocycles. The number of guanidine groups is 1. The summed E-state index contributed by atoms with van der Waals surface area (Å²) < 4.78 is 29.0. The van der Waals surface area contributed by atoms with Crippen molar-refractivity contribution in [1.82, 2.24) is 5.32 Å². The second-order valence-electron chi connectivity index (χ2n) is 5.65. The minimum absolute atomic E-state index is 0.157. The molecule has 6 nitrogen and oxygen atoms in total. The van der Waals surface area contributed by atoms with Gasteiger partial charge in [-0.25, -0.2) is 9.38 Å². The van der Waals surface area contributed by atoms with Crippen LogP contribution in [0.5, 0.6) is 17.2 Å². The van der Waals surface area contributed by atoms with Crippen LogP contribution in [0.3, 0.4) is 0 Å². The first-order valence-corrected chi connectivity index (χ1v) is 8.18. The van der Waals surface area contributed by atoms with Gasteiger partial charge in [-0.15, -0.1) is 0 Å². The van der Waals surface area contributed by atoms with Gasteiger partial charge in [0.15, 0.2) is 17.5 Å². The molecular weight excluding hydrogens is 337 g/mol. The quantitative estimate of drug-likeness (QED) is 0.558. The summed E-state index contributed by atoms with van der Waals surface area (Å²) in [5.41, 5.74) is 6.83. The van der Waals surface area contributed by atoms with Crippen molar-refractivity contribution in [1.29, 1.82) is 0 Å². The summed E-state index contributed by atoms with van der Waals surface area (Å²) in [6, 6.07) is 11.5. The number of nitrogens with zero attached hydrogens (tertiary/aromatic N) is 1. The van der Waals surface area contributed by atoms with Crippen LogP contribution < -0.4 is 25.3 Å². The second-order valence-corrected chi connectivity index (χ2v) is 5.65. The van der Waals surface area contributed by atoms with Crippen LogP contribution in [0.15, 0.2) is 47.5 Å². The van der Waals surface area contributed by atoms with Crippen molar-refractivity contribution < 1.29 is 18.6 Å². The van der Waals surface area contributed by atoms with Crippen molar-refractivity contribution >= 4 is 5.96 Å². The summed E-state index contributed by atoms with van der Waals surface area (Å²) in [5.74, 6) is 1.93. The number of benzene rings is 2. The molecule has 0 spiro atoms. The summed E-state index contributed by atoms with van der Waals surface area (Å²) in [6.45, 7) is 2.77. The number of rotatable bonds is 8. The molecule has 2 aromatic rings. The first-order valence-electron chi connectivity index (χ1n) is 8.18. The molecule has 0 bridgehead atoms.